The number of esters is 1. The number of thiazole rings is 1. The summed E-state index contributed by atoms with van der Waals surface area (Å²) in [5.74, 6) is 0.596. The van der Waals surface area contributed by atoms with Crippen LogP contribution < -0.4 is 0 Å². The van der Waals surface area contributed by atoms with E-state index in [4.69, 9.17) is 9.72 Å². The molecule has 35 heavy (non-hydrogen) atoms. The average molecular weight is 490 g/mol. The van der Waals surface area contributed by atoms with Crippen molar-refractivity contribution in [1.29, 1.82) is 0 Å². The number of allylic oxidation sites excluding steroid dienone is 3. The molecule has 0 unspecified atom stereocenters. The van der Waals surface area contributed by atoms with Crippen LogP contribution in [0.4, 0.5) is 0 Å². The topological polar surface area (TPSA) is 39.2 Å². The highest BCUT2D eigenvalue weighted by molar-refractivity contribution is 7.13. The minimum absolute atomic E-state index is 0.0484. The Kier molecular flexibility index (Phi) is 6.40. The number of aromatic nitrogens is 1. The van der Waals surface area contributed by atoms with E-state index in [1.807, 2.05) is 0 Å². The Bertz CT molecular complexity index is 1100. The number of hydrogen-bond acceptors (Lipinski definition) is 4. The highest BCUT2D eigenvalue weighted by Gasteiger charge is 2.51. The molecule has 1 aromatic carbocycles. The van der Waals surface area contributed by atoms with Crippen LogP contribution in [0.5, 0.6) is 0 Å². The van der Waals surface area contributed by atoms with E-state index in [1.54, 1.807) is 11.3 Å². The fourth-order valence-corrected chi connectivity index (χ4v) is 7.87. The molecule has 2 bridgehead atoms. The van der Waals surface area contributed by atoms with Gasteiger partial charge in [0.1, 0.15) is 23.8 Å². The SMILES string of the molecule is O=C(O[C@H]1C[N+]2(Cc3csc(-c4ccccc4)n3)CCC1CC2)C1(C2=CC=CC2)CCCCCC1. The van der Waals surface area contributed by atoms with Gasteiger partial charge in [-0.3, -0.25) is 4.79 Å². The van der Waals surface area contributed by atoms with Gasteiger partial charge in [-0.1, -0.05) is 74.2 Å². The molecule has 4 fully saturated rings. The van der Waals surface area contributed by atoms with Gasteiger partial charge in [0.2, 0.25) is 0 Å². The normalized spacial score (nSPS) is 29.5. The third-order valence-corrected chi connectivity index (χ3v) is 10.0. The maximum absolute atomic E-state index is 13.9. The summed E-state index contributed by atoms with van der Waals surface area (Å²) in [6.45, 7) is 4.25. The van der Waals surface area contributed by atoms with Crippen molar-refractivity contribution in [3.05, 3.63) is 65.2 Å². The Morgan fingerprint density at radius 3 is 2.57 bits per heavy atom. The maximum atomic E-state index is 13.9. The lowest BCUT2D eigenvalue weighted by Crippen LogP contribution is -2.64. The Balaban J connectivity index is 1.18. The molecule has 0 spiro atoms. The van der Waals surface area contributed by atoms with Gasteiger partial charge in [0.25, 0.3) is 0 Å². The number of benzene rings is 1. The summed E-state index contributed by atoms with van der Waals surface area (Å²) >= 11 is 1.74. The molecule has 5 heteroatoms. The summed E-state index contributed by atoms with van der Waals surface area (Å²) in [5.41, 5.74) is 3.28. The maximum Gasteiger partial charge on any atom is 0.316 e. The van der Waals surface area contributed by atoms with E-state index < -0.39 is 5.41 Å². The molecule has 4 heterocycles. The number of ether oxygens (including phenoxy) is 1. The Hall–Kier alpha value is -2.24. The van der Waals surface area contributed by atoms with Gasteiger partial charge in [-0.15, -0.1) is 11.3 Å². The van der Waals surface area contributed by atoms with Gasteiger partial charge < -0.3 is 9.22 Å². The Morgan fingerprint density at radius 1 is 1.09 bits per heavy atom. The molecule has 1 saturated carbocycles. The van der Waals surface area contributed by atoms with E-state index >= 15 is 0 Å². The smallest absolute Gasteiger partial charge is 0.316 e. The van der Waals surface area contributed by atoms with E-state index in [1.165, 1.54) is 42.8 Å². The predicted molar refractivity (Wildman–Crippen MR) is 141 cm³/mol. The zero-order valence-electron chi connectivity index (χ0n) is 20.7. The van der Waals surface area contributed by atoms with Crippen LogP contribution in [0.2, 0.25) is 0 Å². The fraction of sp³-hybridized carbons (Fsp3) is 0.533. The zero-order chi connectivity index (χ0) is 23.7. The summed E-state index contributed by atoms with van der Waals surface area (Å²) < 4.78 is 7.55. The Morgan fingerprint density at radius 2 is 1.86 bits per heavy atom. The fourth-order valence-electron chi connectivity index (χ4n) is 7.05. The van der Waals surface area contributed by atoms with Crippen LogP contribution in [-0.2, 0) is 16.1 Å². The van der Waals surface area contributed by atoms with Gasteiger partial charge in [0.05, 0.1) is 18.5 Å². The summed E-state index contributed by atoms with van der Waals surface area (Å²) in [6, 6.07) is 10.5. The van der Waals surface area contributed by atoms with Crippen LogP contribution >= 0.6 is 11.3 Å². The lowest BCUT2D eigenvalue weighted by atomic mass is 9.73. The third-order valence-electron chi connectivity index (χ3n) is 9.10. The molecule has 4 nitrogen and oxygen atoms in total. The van der Waals surface area contributed by atoms with Crippen LogP contribution in [0.25, 0.3) is 10.6 Å². The lowest BCUT2D eigenvalue weighted by Gasteiger charge is -2.52. The molecule has 1 aromatic heterocycles. The van der Waals surface area contributed by atoms with E-state index in [-0.39, 0.29) is 12.1 Å². The number of rotatable bonds is 6. The van der Waals surface area contributed by atoms with E-state index in [0.29, 0.717) is 5.92 Å². The van der Waals surface area contributed by atoms with E-state index in [2.05, 4.69) is 53.9 Å². The standard InChI is InChI=1S/C30H37N2O2S/c33-29(30(25-12-6-7-13-25)16-8-1-2-9-17-30)34-27-21-32(18-14-23(27)15-19-32)20-26-22-35-28(31-26)24-10-4-3-5-11-24/h3-7,10-12,22-23,27H,1-2,8-9,13-21H2/q+1/t23?,27-,32?/m0/s1. The molecule has 5 aliphatic rings. The van der Waals surface area contributed by atoms with E-state index in [9.17, 15) is 4.79 Å². The van der Waals surface area contributed by atoms with Gasteiger partial charge in [-0.2, -0.15) is 0 Å². The van der Waals surface area contributed by atoms with Crippen LogP contribution in [-0.4, -0.2) is 41.2 Å². The third kappa shape index (κ3) is 4.53. The minimum Gasteiger partial charge on any atom is -0.455 e. The first-order valence-corrected chi connectivity index (χ1v) is 14.5. The molecule has 3 saturated heterocycles. The van der Waals surface area contributed by atoms with Crippen molar-refractivity contribution in [3.63, 3.8) is 0 Å². The monoisotopic (exact) mass is 489 g/mol. The lowest BCUT2D eigenvalue weighted by molar-refractivity contribution is -0.958. The van der Waals surface area contributed by atoms with Gasteiger partial charge in [-0.25, -0.2) is 4.98 Å². The quantitative estimate of drug-likeness (QED) is 0.258. The molecule has 0 N–H and O–H groups in total. The van der Waals surface area contributed by atoms with Crippen LogP contribution in [0.3, 0.4) is 0 Å². The molecule has 7 rings (SSSR count). The first-order chi connectivity index (χ1) is 17.2. The second-order valence-corrected chi connectivity index (χ2v) is 12.1. The number of fused-ring (bicyclic) bond motifs is 3. The average Bonchev–Trinajstić information content (AvgIpc) is 3.53. The number of hydrogen-bond donors (Lipinski definition) is 0. The van der Waals surface area contributed by atoms with Crippen molar-refractivity contribution in [2.45, 2.75) is 70.4 Å². The van der Waals surface area contributed by atoms with Crippen LogP contribution in [0.1, 0.15) is 63.5 Å². The molecule has 184 valence electrons. The van der Waals surface area contributed by atoms with Gasteiger partial charge in [-0.05, 0) is 24.8 Å². The van der Waals surface area contributed by atoms with Crippen molar-refractivity contribution in [1.82, 2.24) is 4.98 Å². The Labute approximate surface area is 213 Å². The van der Waals surface area contributed by atoms with Crippen molar-refractivity contribution in [3.8, 4) is 10.6 Å². The highest BCUT2D eigenvalue weighted by atomic mass is 32.1. The summed E-state index contributed by atoms with van der Waals surface area (Å²) in [7, 11) is 0. The van der Waals surface area contributed by atoms with Crippen molar-refractivity contribution >= 4 is 17.3 Å². The summed E-state index contributed by atoms with van der Waals surface area (Å²) in [5, 5.41) is 3.33. The van der Waals surface area contributed by atoms with Crippen LogP contribution in [0, 0.1) is 11.3 Å². The molecular weight excluding hydrogens is 452 g/mol. The largest absolute Gasteiger partial charge is 0.455 e. The first-order valence-electron chi connectivity index (χ1n) is 13.6. The van der Waals surface area contributed by atoms with Gasteiger partial charge >= 0.3 is 5.97 Å². The molecule has 0 radical (unpaired) electrons. The highest BCUT2D eigenvalue weighted by Crippen LogP contribution is 2.47. The molecular formula is C30H37N2O2S+. The van der Waals surface area contributed by atoms with Crippen molar-refractivity contribution < 1.29 is 14.0 Å². The molecule has 3 aliphatic heterocycles. The molecule has 2 aliphatic carbocycles. The van der Waals surface area contributed by atoms with Crippen molar-refractivity contribution in [2.24, 2.45) is 11.3 Å². The number of carbonyl (C=O) groups excluding carboxylic acids is 1. The first kappa shape index (κ1) is 23.2. The van der Waals surface area contributed by atoms with Crippen molar-refractivity contribution in [2.75, 3.05) is 19.6 Å². The number of nitrogens with zero attached hydrogens (tertiary/aromatic N) is 2. The van der Waals surface area contributed by atoms with Gasteiger partial charge in [0.15, 0.2) is 6.10 Å². The zero-order valence-corrected chi connectivity index (χ0v) is 21.5. The minimum atomic E-state index is -0.393. The molecule has 2 aromatic rings. The van der Waals surface area contributed by atoms with Crippen LogP contribution in [0.15, 0.2) is 59.5 Å². The number of quaternary nitrogens is 1. The second kappa shape index (κ2) is 9.67. The summed E-state index contributed by atoms with van der Waals surface area (Å²) in [4.78, 5) is 18.9. The number of piperidine rings is 3. The predicted octanol–water partition coefficient (Wildman–Crippen LogP) is 6.69. The van der Waals surface area contributed by atoms with E-state index in [0.717, 1.165) is 67.5 Å². The molecule has 0 amide bonds. The number of carbonyl (C=O) groups is 1. The van der Waals surface area contributed by atoms with Gasteiger partial charge in [0, 0.05) is 29.7 Å². The molecule has 1 atom stereocenters. The summed E-state index contributed by atoms with van der Waals surface area (Å²) in [6.07, 6.45) is 16.4. The second-order valence-electron chi connectivity index (χ2n) is 11.2.